The van der Waals surface area contributed by atoms with Crippen LogP contribution in [0.5, 0.6) is 0 Å². The van der Waals surface area contributed by atoms with Crippen molar-refractivity contribution >= 4 is 11.4 Å². The maximum Gasteiger partial charge on any atom is 0.269 e. The van der Waals surface area contributed by atoms with Gasteiger partial charge in [0.15, 0.2) is 0 Å². The van der Waals surface area contributed by atoms with E-state index in [2.05, 4.69) is 22.3 Å². The lowest BCUT2D eigenvalue weighted by Gasteiger charge is -2.34. The fraction of sp³-hybridized carbons (Fsp3) is 0.368. The number of nitrogens with one attached hydrogen (secondary N) is 1. The van der Waals surface area contributed by atoms with Gasteiger partial charge in [0.25, 0.3) is 5.69 Å². The SMILES string of the molecule is O=[N+]([O-])c1cccc([C@H](O)CN2CCC(Nc3ccccc3)CC2)c1. The summed E-state index contributed by atoms with van der Waals surface area (Å²) in [4.78, 5) is 12.6. The molecular weight excluding hydrogens is 318 g/mol. The molecular formula is C19H23N3O3. The fourth-order valence-corrected chi connectivity index (χ4v) is 3.23. The highest BCUT2D eigenvalue weighted by molar-refractivity contribution is 5.43. The molecule has 1 aliphatic rings. The summed E-state index contributed by atoms with van der Waals surface area (Å²) in [7, 11) is 0. The predicted octanol–water partition coefficient (Wildman–Crippen LogP) is 3.20. The molecule has 1 saturated heterocycles. The average molecular weight is 341 g/mol. The molecule has 2 aromatic carbocycles. The first-order chi connectivity index (χ1) is 12.1. The predicted molar refractivity (Wildman–Crippen MR) is 97.6 cm³/mol. The molecule has 1 heterocycles. The Kier molecular flexibility index (Phi) is 5.63. The first-order valence-corrected chi connectivity index (χ1v) is 8.58. The van der Waals surface area contributed by atoms with E-state index in [9.17, 15) is 15.2 Å². The highest BCUT2D eigenvalue weighted by Gasteiger charge is 2.22. The lowest BCUT2D eigenvalue weighted by molar-refractivity contribution is -0.385. The second-order valence-electron chi connectivity index (χ2n) is 6.45. The van der Waals surface area contributed by atoms with Gasteiger partial charge < -0.3 is 15.3 Å². The van der Waals surface area contributed by atoms with Gasteiger partial charge in [-0.2, -0.15) is 0 Å². The summed E-state index contributed by atoms with van der Waals surface area (Å²) in [5.41, 5.74) is 1.75. The van der Waals surface area contributed by atoms with Gasteiger partial charge in [-0.15, -0.1) is 0 Å². The van der Waals surface area contributed by atoms with Crippen molar-refractivity contribution < 1.29 is 10.0 Å². The molecule has 0 saturated carbocycles. The molecule has 25 heavy (non-hydrogen) atoms. The van der Waals surface area contributed by atoms with Gasteiger partial charge in [-0.25, -0.2) is 0 Å². The van der Waals surface area contributed by atoms with Crippen LogP contribution in [0.3, 0.4) is 0 Å². The highest BCUT2D eigenvalue weighted by atomic mass is 16.6. The van der Waals surface area contributed by atoms with Gasteiger partial charge in [0.05, 0.1) is 11.0 Å². The number of benzene rings is 2. The van der Waals surface area contributed by atoms with Crippen molar-refractivity contribution in [2.75, 3.05) is 25.0 Å². The van der Waals surface area contributed by atoms with E-state index in [1.165, 1.54) is 12.1 Å². The maximum atomic E-state index is 10.9. The number of para-hydroxylation sites is 1. The van der Waals surface area contributed by atoms with Gasteiger partial charge >= 0.3 is 0 Å². The van der Waals surface area contributed by atoms with E-state index in [1.807, 2.05) is 18.2 Å². The lowest BCUT2D eigenvalue weighted by Crippen LogP contribution is -2.40. The van der Waals surface area contributed by atoms with Crippen molar-refractivity contribution in [3.05, 3.63) is 70.3 Å². The number of aliphatic hydroxyl groups excluding tert-OH is 1. The van der Waals surface area contributed by atoms with Crippen LogP contribution in [0, 0.1) is 10.1 Å². The number of aliphatic hydroxyl groups is 1. The van der Waals surface area contributed by atoms with Crippen LogP contribution in [0.4, 0.5) is 11.4 Å². The Bertz CT molecular complexity index is 700. The fourth-order valence-electron chi connectivity index (χ4n) is 3.23. The minimum Gasteiger partial charge on any atom is -0.387 e. The van der Waals surface area contributed by atoms with E-state index in [0.717, 1.165) is 31.6 Å². The molecule has 0 unspecified atom stereocenters. The van der Waals surface area contributed by atoms with Crippen molar-refractivity contribution in [1.82, 2.24) is 4.90 Å². The van der Waals surface area contributed by atoms with Crippen molar-refractivity contribution in [3.8, 4) is 0 Å². The van der Waals surface area contributed by atoms with Gasteiger partial charge in [0.1, 0.15) is 0 Å². The zero-order chi connectivity index (χ0) is 17.6. The van der Waals surface area contributed by atoms with Crippen LogP contribution in [-0.4, -0.2) is 40.6 Å². The first-order valence-electron chi connectivity index (χ1n) is 8.58. The molecule has 1 atom stereocenters. The van der Waals surface area contributed by atoms with Crippen LogP contribution >= 0.6 is 0 Å². The first kappa shape index (κ1) is 17.4. The number of piperidine rings is 1. The Hall–Kier alpha value is -2.44. The monoisotopic (exact) mass is 341 g/mol. The normalized spacial score (nSPS) is 17.2. The Morgan fingerprint density at radius 3 is 2.56 bits per heavy atom. The van der Waals surface area contributed by atoms with Gasteiger partial charge in [-0.05, 0) is 30.5 Å². The Morgan fingerprint density at radius 2 is 1.88 bits per heavy atom. The quantitative estimate of drug-likeness (QED) is 0.623. The summed E-state index contributed by atoms with van der Waals surface area (Å²) in [5, 5.41) is 24.8. The topological polar surface area (TPSA) is 78.6 Å². The molecule has 6 heteroatoms. The second kappa shape index (κ2) is 8.09. The summed E-state index contributed by atoms with van der Waals surface area (Å²) in [6.45, 7) is 2.30. The van der Waals surface area contributed by atoms with Crippen LogP contribution in [0.25, 0.3) is 0 Å². The molecule has 2 N–H and O–H groups in total. The summed E-state index contributed by atoms with van der Waals surface area (Å²) in [6, 6.07) is 16.9. The summed E-state index contributed by atoms with van der Waals surface area (Å²) >= 11 is 0. The second-order valence-corrected chi connectivity index (χ2v) is 6.45. The summed E-state index contributed by atoms with van der Waals surface area (Å²) in [5.74, 6) is 0. The molecule has 0 spiro atoms. The minimum atomic E-state index is -0.710. The van der Waals surface area contributed by atoms with Crippen LogP contribution < -0.4 is 5.32 Å². The van der Waals surface area contributed by atoms with Gasteiger partial charge in [0, 0.05) is 43.5 Å². The summed E-state index contributed by atoms with van der Waals surface area (Å²) < 4.78 is 0. The van der Waals surface area contributed by atoms with Crippen LogP contribution in [0.2, 0.25) is 0 Å². The number of nitrogens with zero attached hydrogens (tertiary/aromatic N) is 2. The third-order valence-corrected chi connectivity index (χ3v) is 4.63. The van der Waals surface area contributed by atoms with Gasteiger partial charge in [-0.3, -0.25) is 10.1 Å². The summed E-state index contributed by atoms with van der Waals surface area (Å²) in [6.07, 6.45) is 1.31. The molecule has 0 bridgehead atoms. The van der Waals surface area contributed by atoms with E-state index in [0.29, 0.717) is 18.2 Å². The van der Waals surface area contributed by atoms with E-state index in [-0.39, 0.29) is 5.69 Å². The Labute approximate surface area is 147 Å². The number of anilines is 1. The number of hydrogen-bond donors (Lipinski definition) is 2. The average Bonchev–Trinajstić information content (AvgIpc) is 2.64. The maximum absolute atomic E-state index is 10.9. The number of non-ortho nitro benzene ring substituents is 1. The van der Waals surface area contributed by atoms with Crippen molar-refractivity contribution in [3.63, 3.8) is 0 Å². The van der Waals surface area contributed by atoms with Gasteiger partial charge in [-0.1, -0.05) is 30.3 Å². The lowest BCUT2D eigenvalue weighted by atomic mass is 10.0. The molecule has 0 aliphatic carbocycles. The van der Waals surface area contributed by atoms with Crippen LogP contribution in [0.1, 0.15) is 24.5 Å². The van der Waals surface area contributed by atoms with E-state index < -0.39 is 11.0 Å². The van der Waals surface area contributed by atoms with Crippen LogP contribution in [-0.2, 0) is 0 Å². The van der Waals surface area contributed by atoms with Crippen LogP contribution in [0.15, 0.2) is 54.6 Å². The number of β-amino-alcohol motifs (C(OH)–C–C–N with tert-alkyl or cyclic N) is 1. The molecule has 1 aliphatic heterocycles. The molecule has 132 valence electrons. The number of likely N-dealkylation sites (tertiary alicyclic amines) is 1. The van der Waals surface area contributed by atoms with Crippen molar-refractivity contribution in [2.45, 2.75) is 25.0 Å². The Balaban J connectivity index is 1.50. The van der Waals surface area contributed by atoms with Gasteiger partial charge in [0.2, 0.25) is 0 Å². The molecule has 2 aromatic rings. The molecule has 0 amide bonds. The Morgan fingerprint density at radius 1 is 1.16 bits per heavy atom. The third-order valence-electron chi connectivity index (χ3n) is 4.63. The van der Waals surface area contributed by atoms with E-state index in [1.54, 1.807) is 12.1 Å². The molecule has 0 radical (unpaired) electrons. The number of nitro benzene ring substituents is 1. The zero-order valence-corrected chi connectivity index (χ0v) is 14.0. The number of hydrogen-bond acceptors (Lipinski definition) is 5. The smallest absolute Gasteiger partial charge is 0.269 e. The highest BCUT2D eigenvalue weighted by Crippen LogP contribution is 2.22. The van der Waals surface area contributed by atoms with E-state index in [4.69, 9.17) is 0 Å². The zero-order valence-electron chi connectivity index (χ0n) is 14.0. The minimum absolute atomic E-state index is 0.0160. The largest absolute Gasteiger partial charge is 0.387 e. The standard InChI is InChI=1S/C19H23N3O3/c23-19(15-5-4-8-18(13-15)22(24)25)14-21-11-9-17(10-12-21)20-16-6-2-1-3-7-16/h1-8,13,17,19-20,23H,9-12,14H2/t19-/m1/s1. The third kappa shape index (κ3) is 4.78. The number of rotatable bonds is 6. The number of nitro groups is 1. The van der Waals surface area contributed by atoms with Crippen molar-refractivity contribution in [2.24, 2.45) is 0 Å². The molecule has 6 nitrogen and oxygen atoms in total. The molecule has 3 rings (SSSR count). The van der Waals surface area contributed by atoms with Crippen molar-refractivity contribution in [1.29, 1.82) is 0 Å². The molecule has 0 aromatic heterocycles. The van der Waals surface area contributed by atoms with E-state index >= 15 is 0 Å². The molecule has 1 fully saturated rings.